The second kappa shape index (κ2) is 10.9. The largest absolute Gasteiger partial charge is 0.392 e. The van der Waals surface area contributed by atoms with Gasteiger partial charge in [0, 0.05) is 38.1 Å². The fraction of sp³-hybridized carbons (Fsp3) is 0.950. The molecule has 0 aromatic rings. The van der Waals surface area contributed by atoms with Crippen LogP contribution in [0.2, 0.25) is 0 Å². The van der Waals surface area contributed by atoms with E-state index in [-0.39, 0.29) is 30.0 Å². The first-order valence-electron chi connectivity index (χ1n) is 11.0. The van der Waals surface area contributed by atoms with Gasteiger partial charge in [0.15, 0.2) is 5.96 Å². The molecule has 0 amide bonds. The monoisotopic (exact) mass is 432 g/mol. The van der Waals surface area contributed by atoms with Gasteiger partial charge in [-0.1, -0.05) is 19.8 Å². The summed E-state index contributed by atoms with van der Waals surface area (Å²) in [5.74, 6) is 0.835. The highest BCUT2D eigenvalue weighted by molar-refractivity contribution is 7.89. The molecule has 1 aliphatic heterocycles. The van der Waals surface area contributed by atoms with Crippen molar-refractivity contribution >= 4 is 16.0 Å². The van der Waals surface area contributed by atoms with E-state index in [2.05, 4.69) is 17.1 Å². The highest BCUT2D eigenvalue weighted by Gasteiger charge is 2.35. The van der Waals surface area contributed by atoms with E-state index in [0.717, 1.165) is 38.2 Å². The number of guanidine groups is 1. The number of aliphatic hydroxyl groups is 1. The summed E-state index contributed by atoms with van der Waals surface area (Å²) in [6.45, 7) is 11.6. The van der Waals surface area contributed by atoms with Gasteiger partial charge in [0.25, 0.3) is 0 Å². The molecule has 2 fully saturated rings. The summed E-state index contributed by atoms with van der Waals surface area (Å²) in [7, 11) is -3.30. The van der Waals surface area contributed by atoms with Crippen LogP contribution >= 0.6 is 0 Å². The fourth-order valence-electron chi connectivity index (χ4n) is 3.94. The maximum atomic E-state index is 12.5. The van der Waals surface area contributed by atoms with Gasteiger partial charge >= 0.3 is 0 Å². The van der Waals surface area contributed by atoms with Crippen LogP contribution in [0.1, 0.15) is 53.4 Å². The zero-order chi connectivity index (χ0) is 21.5. The Morgan fingerprint density at radius 3 is 2.55 bits per heavy atom. The van der Waals surface area contributed by atoms with Gasteiger partial charge in [-0.05, 0) is 33.6 Å². The molecule has 0 aromatic heterocycles. The number of aliphatic imine (C=N–C) groups is 1. The van der Waals surface area contributed by atoms with E-state index < -0.39 is 10.0 Å². The topological polar surface area (TPSA) is 94.5 Å². The highest BCUT2D eigenvalue weighted by Crippen LogP contribution is 2.36. The van der Waals surface area contributed by atoms with Crippen molar-refractivity contribution in [1.82, 2.24) is 14.5 Å². The summed E-state index contributed by atoms with van der Waals surface area (Å²) >= 11 is 0. The molecule has 2 rings (SSSR count). The summed E-state index contributed by atoms with van der Waals surface area (Å²) in [6, 6.07) is 0. The van der Waals surface area contributed by atoms with Gasteiger partial charge in [-0.25, -0.2) is 8.42 Å². The molecule has 0 radical (unpaired) electrons. The van der Waals surface area contributed by atoms with Crippen molar-refractivity contribution < 1.29 is 18.3 Å². The van der Waals surface area contributed by atoms with Gasteiger partial charge in [0.1, 0.15) is 0 Å². The number of hydrogen-bond acceptors (Lipinski definition) is 5. The predicted octanol–water partition coefficient (Wildman–Crippen LogP) is 1.27. The van der Waals surface area contributed by atoms with Crippen molar-refractivity contribution in [3.63, 3.8) is 0 Å². The van der Waals surface area contributed by atoms with Crippen molar-refractivity contribution in [2.75, 3.05) is 51.6 Å². The van der Waals surface area contributed by atoms with Crippen molar-refractivity contribution in [2.45, 2.75) is 65.6 Å². The predicted molar refractivity (Wildman–Crippen MR) is 117 cm³/mol. The SMILES string of the molecule is CCNC(=NCC1(C)CCCCC1O)N1CCN(S(=O)(=O)CCOC(C)C)CC1. The van der Waals surface area contributed by atoms with Crippen molar-refractivity contribution in [3.05, 3.63) is 0 Å². The number of hydrogen-bond donors (Lipinski definition) is 2. The molecule has 9 heteroatoms. The molecule has 8 nitrogen and oxygen atoms in total. The molecule has 0 bridgehead atoms. The van der Waals surface area contributed by atoms with E-state index in [1.165, 1.54) is 0 Å². The quantitative estimate of drug-likeness (QED) is 0.443. The first-order valence-corrected chi connectivity index (χ1v) is 12.6. The van der Waals surface area contributed by atoms with E-state index in [9.17, 15) is 13.5 Å². The van der Waals surface area contributed by atoms with Gasteiger partial charge in [0.2, 0.25) is 10.0 Å². The maximum Gasteiger partial charge on any atom is 0.216 e. The summed E-state index contributed by atoms with van der Waals surface area (Å²) in [5, 5.41) is 13.8. The molecule has 2 aliphatic rings. The van der Waals surface area contributed by atoms with Crippen LogP contribution in [0, 0.1) is 5.41 Å². The molecule has 29 heavy (non-hydrogen) atoms. The first kappa shape index (κ1) is 24.4. The van der Waals surface area contributed by atoms with Crippen LogP contribution in [0.4, 0.5) is 0 Å². The average Bonchev–Trinajstić information content (AvgIpc) is 2.67. The van der Waals surface area contributed by atoms with Crippen molar-refractivity contribution in [2.24, 2.45) is 10.4 Å². The Bertz CT molecular complexity index is 632. The normalized spacial score (nSPS) is 27.4. The third kappa shape index (κ3) is 7.08. The first-order chi connectivity index (χ1) is 13.7. The summed E-state index contributed by atoms with van der Waals surface area (Å²) in [6.07, 6.45) is 3.78. The van der Waals surface area contributed by atoms with Crippen LogP contribution < -0.4 is 5.32 Å². The van der Waals surface area contributed by atoms with E-state index in [0.29, 0.717) is 32.7 Å². The zero-order valence-corrected chi connectivity index (χ0v) is 19.4. The maximum absolute atomic E-state index is 12.5. The zero-order valence-electron chi connectivity index (χ0n) is 18.6. The molecule has 170 valence electrons. The lowest BCUT2D eigenvalue weighted by molar-refractivity contribution is 0.00700. The standard InChI is InChI=1S/C20H40N4O4S/c1-5-21-19(22-16-20(4)9-7-6-8-18(20)25)23-10-12-24(13-11-23)29(26,27)15-14-28-17(2)3/h17-18,25H,5-16H2,1-4H3,(H,21,22). The van der Waals surface area contributed by atoms with Crippen LogP contribution in [-0.2, 0) is 14.8 Å². The van der Waals surface area contributed by atoms with E-state index in [1.54, 1.807) is 4.31 Å². The second-order valence-corrected chi connectivity index (χ2v) is 10.8. The number of aliphatic hydroxyl groups excluding tert-OH is 1. The molecule has 0 spiro atoms. The number of rotatable bonds is 8. The van der Waals surface area contributed by atoms with Crippen molar-refractivity contribution in [3.8, 4) is 0 Å². The van der Waals surface area contributed by atoms with Crippen LogP contribution in [0.15, 0.2) is 4.99 Å². The van der Waals surface area contributed by atoms with Gasteiger partial charge in [-0.15, -0.1) is 0 Å². The number of nitrogens with zero attached hydrogens (tertiary/aromatic N) is 3. The van der Waals surface area contributed by atoms with E-state index in [4.69, 9.17) is 9.73 Å². The second-order valence-electron chi connectivity index (χ2n) is 8.71. The van der Waals surface area contributed by atoms with Gasteiger partial charge in [-0.2, -0.15) is 4.31 Å². The molecule has 1 saturated carbocycles. The van der Waals surface area contributed by atoms with Crippen LogP contribution in [0.25, 0.3) is 0 Å². The minimum atomic E-state index is -3.30. The Hall–Kier alpha value is -0.900. The van der Waals surface area contributed by atoms with E-state index >= 15 is 0 Å². The molecule has 2 unspecified atom stereocenters. The Morgan fingerprint density at radius 2 is 1.97 bits per heavy atom. The number of sulfonamides is 1. The molecular weight excluding hydrogens is 392 g/mol. The summed E-state index contributed by atoms with van der Waals surface area (Å²) < 4.78 is 32.0. The molecule has 2 N–H and O–H groups in total. The van der Waals surface area contributed by atoms with Crippen LogP contribution in [-0.4, -0.2) is 92.5 Å². The Balaban J connectivity index is 1.93. The van der Waals surface area contributed by atoms with Crippen LogP contribution in [0.5, 0.6) is 0 Å². The summed E-state index contributed by atoms with van der Waals surface area (Å²) in [4.78, 5) is 6.95. The third-order valence-electron chi connectivity index (χ3n) is 5.93. The minimum absolute atomic E-state index is 0.0234. The minimum Gasteiger partial charge on any atom is -0.392 e. The van der Waals surface area contributed by atoms with Crippen LogP contribution in [0.3, 0.4) is 0 Å². The number of nitrogens with one attached hydrogen (secondary N) is 1. The Kier molecular flexibility index (Phi) is 9.18. The molecule has 2 atom stereocenters. The van der Waals surface area contributed by atoms with Gasteiger partial charge in [0.05, 0.1) is 31.1 Å². The Labute approximate surface area is 176 Å². The average molecular weight is 433 g/mol. The number of piperazine rings is 1. The summed E-state index contributed by atoms with van der Waals surface area (Å²) in [5.41, 5.74) is -0.180. The van der Waals surface area contributed by atoms with Gasteiger partial charge in [-0.3, -0.25) is 4.99 Å². The molecular formula is C20H40N4O4S. The lowest BCUT2D eigenvalue weighted by Gasteiger charge is -2.39. The molecule has 0 aromatic carbocycles. The van der Waals surface area contributed by atoms with E-state index in [1.807, 2.05) is 20.8 Å². The molecule has 1 saturated heterocycles. The third-order valence-corrected chi connectivity index (χ3v) is 7.76. The highest BCUT2D eigenvalue weighted by atomic mass is 32.2. The molecule has 1 heterocycles. The molecule has 1 aliphatic carbocycles. The number of ether oxygens (including phenoxy) is 1. The van der Waals surface area contributed by atoms with Crippen molar-refractivity contribution in [1.29, 1.82) is 0 Å². The Morgan fingerprint density at radius 1 is 1.28 bits per heavy atom. The fourth-order valence-corrected chi connectivity index (χ4v) is 5.23. The smallest absolute Gasteiger partial charge is 0.216 e. The lowest BCUT2D eigenvalue weighted by atomic mass is 9.73. The lowest BCUT2D eigenvalue weighted by Crippen LogP contribution is -2.54. The van der Waals surface area contributed by atoms with Gasteiger partial charge < -0.3 is 20.1 Å².